The summed E-state index contributed by atoms with van der Waals surface area (Å²) in [5.74, 6) is -1.67. The molecule has 1 saturated heterocycles. The molecule has 1 aliphatic rings. The molecule has 25 heavy (non-hydrogen) atoms. The van der Waals surface area contributed by atoms with Gasteiger partial charge in [-0.2, -0.15) is 0 Å². The second-order valence-electron chi connectivity index (χ2n) is 6.04. The van der Waals surface area contributed by atoms with E-state index in [1.807, 2.05) is 0 Å². The number of rotatable bonds is 4. The number of carbonyl (C=O) groups excluding carboxylic acids is 1. The number of carbonyl (C=O) groups is 2. The van der Waals surface area contributed by atoms with Gasteiger partial charge in [0.2, 0.25) is 5.91 Å². The summed E-state index contributed by atoms with van der Waals surface area (Å²) in [7, 11) is 0. The molecule has 1 aliphatic heterocycles. The van der Waals surface area contributed by atoms with Crippen LogP contribution in [0.4, 0.5) is 10.1 Å². The summed E-state index contributed by atoms with van der Waals surface area (Å²) in [6, 6.07) is 12.0. The topological polar surface area (TPSA) is 75.6 Å². The van der Waals surface area contributed by atoms with Crippen LogP contribution in [0.1, 0.15) is 28.8 Å². The van der Waals surface area contributed by atoms with Crippen molar-refractivity contribution in [1.82, 2.24) is 0 Å². The molecule has 6 heteroatoms. The molecule has 2 aromatic rings. The summed E-state index contributed by atoms with van der Waals surface area (Å²) in [6.45, 7) is 0.861. The van der Waals surface area contributed by atoms with Crippen LogP contribution in [0.15, 0.2) is 48.5 Å². The molecule has 5 nitrogen and oxygen atoms in total. The second kappa shape index (κ2) is 7.03. The number of benzene rings is 2. The van der Waals surface area contributed by atoms with Gasteiger partial charge < -0.3 is 15.2 Å². The van der Waals surface area contributed by atoms with Crippen LogP contribution in [0, 0.1) is 5.82 Å². The van der Waals surface area contributed by atoms with E-state index in [4.69, 9.17) is 9.84 Å². The average Bonchev–Trinajstić information content (AvgIpc) is 2.63. The Kier molecular flexibility index (Phi) is 4.81. The fraction of sp³-hybridized carbons (Fsp3) is 0.263. The van der Waals surface area contributed by atoms with Crippen LogP contribution in [-0.2, 0) is 14.9 Å². The maximum atomic E-state index is 13.3. The van der Waals surface area contributed by atoms with E-state index in [0.717, 1.165) is 5.56 Å². The molecule has 0 radical (unpaired) electrons. The SMILES string of the molecule is O=C(O)c1cccc(NC(=O)C2(c3ccc(F)cc3)CCOCC2)c1. The molecule has 0 aliphatic carbocycles. The van der Waals surface area contributed by atoms with Crippen molar-refractivity contribution >= 4 is 17.6 Å². The van der Waals surface area contributed by atoms with E-state index in [-0.39, 0.29) is 17.3 Å². The summed E-state index contributed by atoms with van der Waals surface area (Å²) in [4.78, 5) is 24.1. The maximum Gasteiger partial charge on any atom is 0.335 e. The molecule has 130 valence electrons. The Morgan fingerprint density at radius 2 is 1.76 bits per heavy atom. The van der Waals surface area contributed by atoms with Crippen LogP contribution in [0.2, 0.25) is 0 Å². The molecule has 0 atom stereocenters. The van der Waals surface area contributed by atoms with Crippen LogP contribution in [0.25, 0.3) is 0 Å². The van der Waals surface area contributed by atoms with Crippen molar-refractivity contribution in [2.45, 2.75) is 18.3 Å². The molecule has 3 rings (SSSR count). The molecule has 1 amide bonds. The summed E-state index contributed by atoms with van der Waals surface area (Å²) in [6.07, 6.45) is 0.951. The van der Waals surface area contributed by atoms with Crippen LogP contribution < -0.4 is 5.32 Å². The number of hydrogen-bond donors (Lipinski definition) is 2. The van der Waals surface area contributed by atoms with Crippen molar-refractivity contribution in [2.24, 2.45) is 0 Å². The van der Waals surface area contributed by atoms with Crippen molar-refractivity contribution in [3.63, 3.8) is 0 Å². The van der Waals surface area contributed by atoms with Crippen molar-refractivity contribution in [3.05, 3.63) is 65.5 Å². The molecule has 0 unspecified atom stereocenters. The third-order valence-electron chi connectivity index (χ3n) is 4.55. The zero-order valence-electron chi connectivity index (χ0n) is 13.5. The van der Waals surface area contributed by atoms with E-state index in [1.54, 1.807) is 24.3 Å². The molecule has 1 fully saturated rings. The van der Waals surface area contributed by atoms with Crippen molar-refractivity contribution < 1.29 is 23.8 Å². The van der Waals surface area contributed by atoms with Gasteiger partial charge in [0.05, 0.1) is 11.0 Å². The first-order chi connectivity index (χ1) is 12.0. The fourth-order valence-electron chi connectivity index (χ4n) is 3.12. The highest BCUT2D eigenvalue weighted by Gasteiger charge is 2.41. The summed E-state index contributed by atoms with van der Waals surface area (Å²) in [5.41, 5.74) is 0.410. The lowest BCUT2D eigenvalue weighted by Crippen LogP contribution is -2.44. The standard InChI is InChI=1S/C19H18FNO4/c20-15-6-4-14(5-7-15)19(8-10-25-11-9-19)18(24)21-16-3-1-2-13(12-16)17(22)23/h1-7,12H,8-11H2,(H,21,24)(H,22,23). The lowest BCUT2D eigenvalue weighted by atomic mass is 9.73. The number of aromatic carboxylic acids is 1. The first kappa shape index (κ1) is 17.1. The van der Waals surface area contributed by atoms with Gasteiger partial charge in [0.15, 0.2) is 0 Å². The zero-order valence-corrected chi connectivity index (χ0v) is 13.5. The van der Waals surface area contributed by atoms with E-state index in [0.29, 0.717) is 31.7 Å². The van der Waals surface area contributed by atoms with Crippen LogP contribution in [0.5, 0.6) is 0 Å². The highest BCUT2D eigenvalue weighted by molar-refractivity contribution is 6.00. The first-order valence-corrected chi connectivity index (χ1v) is 8.00. The van der Waals surface area contributed by atoms with Gasteiger partial charge in [0.25, 0.3) is 0 Å². The molecule has 2 aromatic carbocycles. The normalized spacial score (nSPS) is 16.2. The monoisotopic (exact) mass is 343 g/mol. The number of ether oxygens (including phenoxy) is 1. The van der Waals surface area contributed by atoms with Crippen molar-refractivity contribution in [3.8, 4) is 0 Å². The van der Waals surface area contributed by atoms with Crippen LogP contribution >= 0.6 is 0 Å². The van der Waals surface area contributed by atoms with Gasteiger partial charge in [-0.25, -0.2) is 9.18 Å². The van der Waals surface area contributed by atoms with Gasteiger partial charge in [-0.15, -0.1) is 0 Å². The largest absolute Gasteiger partial charge is 0.478 e. The Morgan fingerprint density at radius 1 is 1.08 bits per heavy atom. The number of carboxylic acids is 1. The van der Waals surface area contributed by atoms with Gasteiger partial charge in [0, 0.05) is 18.9 Å². The summed E-state index contributed by atoms with van der Waals surface area (Å²) in [5, 5.41) is 11.9. The zero-order chi connectivity index (χ0) is 17.9. The van der Waals surface area contributed by atoms with E-state index >= 15 is 0 Å². The number of amides is 1. The van der Waals surface area contributed by atoms with Gasteiger partial charge in [-0.3, -0.25) is 4.79 Å². The second-order valence-corrected chi connectivity index (χ2v) is 6.04. The van der Waals surface area contributed by atoms with E-state index in [2.05, 4.69) is 5.32 Å². The smallest absolute Gasteiger partial charge is 0.335 e. The van der Waals surface area contributed by atoms with Gasteiger partial charge in [-0.1, -0.05) is 18.2 Å². The average molecular weight is 343 g/mol. The fourth-order valence-corrected chi connectivity index (χ4v) is 3.12. The Balaban J connectivity index is 1.91. The van der Waals surface area contributed by atoms with Gasteiger partial charge in [0.1, 0.15) is 5.82 Å². The first-order valence-electron chi connectivity index (χ1n) is 8.00. The number of hydrogen-bond acceptors (Lipinski definition) is 3. The van der Waals surface area contributed by atoms with E-state index in [9.17, 15) is 14.0 Å². The number of anilines is 1. The summed E-state index contributed by atoms with van der Waals surface area (Å²) >= 11 is 0. The van der Waals surface area contributed by atoms with Gasteiger partial charge >= 0.3 is 5.97 Å². The molecule has 0 aromatic heterocycles. The lowest BCUT2D eigenvalue weighted by Gasteiger charge is -2.36. The predicted octanol–water partition coefficient (Wildman–Crippen LogP) is 3.21. The van der Waals surface area contributed by atoms with Crippen LogP contribution in [-0.4, -0.2) is 30.2 Å². The van der Waals surface area contributed by atoms with Gasteiger partial charge in [-0.05, 0) is 48.7 Å². The van der Waals surface area contributed by atoms with E-state index in [1.165, 1.54) is 24.3 Å². The molecule has 0 spiro atoms. The Morgan fingerprint density at radius 3 is 2.40 bits per heavy atom. The van der Waals surface area contributed by atoms with Crippen molar-refractivity contribution in [2.75, 3.05) is 18.5 Å². The number of halogens is 1. The minimum absolute atomic E-state index is 0.0978. The minimum Gasteiger partial charge on any atom is -0.478 e. The lowest BCUT2D eigenvalue weighted by molar-refractivity contribution is -0.125. The summed E-state index contributed by atoms with van der Waals surface area (Å²) < 4.78 is 18.7. The highest BCUT2D eigenvalue weighted by Crippen LogP contribution is 2.36. The number of nitrogens with one attached hydrogen (secondary N) is 1. The Labute approximate surface area is 144 Å². The Hall–Kier alpha value is -2.73. The van der Waals surface area contributed by atoms with Crippen molar-refractivity contribution in [1.29, 1.82) is 0 Å². The minimum atomic E-state index is -1.06. The molecule has 0 bridgehead atoms. The number of carboxylic acid groups (broad SMARTS) is 1. The third kappa shape index (κ3) is 3.53. The third-order valence-corrected chi connectivity index (χ3v) is 4.55. The predicted molar refractivity (Wildman–Crippen MR) is 90.2 cm³/mol. The van der Waals surface area contributed by atoms with E-state index < -0.39 is 11.4 Å². The molecular formula is C19H18FNO4. The molecule has 1 heterocycles. The molecule has 2 N–H and O–H groups in total. The quantitative estimate of drug-likeness (QED) is 0.894. The Bertz CT molecular complexity index is 782. The maximum absolute atomic E-state index is 13.3. The molecule has 0 saturated carbocycles. The highest BCUT2D eigenvalue weighted by atomic mass is 19.1. The molecular weight excluding hydrogens is 325 g/mol. The van der Waals surface area contributed by atoms with Crippen LogP contribution in [0.3, 0.4) is 0 Å².